The van der Waals surface area contributed by atoms with Gasteiger partial charge in [-0.2, -0.15) is 0 Å². The molecule has 0 unspecified atom stereocenters. The number of piperidine rings is 1. The van der Waals surface area contributed by atoms with Crippen LogP contribution >= 0.6 is 0 Å². The number of benzene rings is 2. The predicted octanol–water partition coefficient (Wildman–Crippen LogP) is 4.32. The second kappa shape index (κ2) is 11.6. The van der Waals surface area contributed by atoms with E-state index in [-0.39, 0.29) is 12.5 Å². The van der Waals surface area contributed by atoms with Crippen LogP contribution in [0.2, 0.25) is 0 Å². The number of hydrogen-bond donors (Lipinski definition) is 2. The molecule has 2 N–H and O–H groups in total. The van der Waals surface area contributed by atoms with Gasteiger partial charge in [0, 0.05) is 36.4 Å². The summed E-state index contributed by atoms with van der Waals surface area (Å²) in [6.07, 6.45) is 3.34. The largest absolute Gasteiger partial charge is 0.497 e. The monoisotopic (exact) mass is 480 g/mol. The van der Waals surface area contributed by atoms with Gasteiger partial charge in [0.15, 0.2) is 0 Å². The highest BCUT2D eigenvalue weighted by molar-refractivity contribution is 5.83. The van der Waals surface area contributed by atoms with Crippen molar-refractivity contribution in [2.45, 2.75) is 25.4 Å². The molecule has 5 nitrogen and oxygen atoms in total. The lowest BCUT2D eigenvalue weighted by Gasteiger charge is -2.37. The average Bonchev–Trinajstić information content (AvgIpc) is 2.86. The second-order valence-electron chi connectivity index (χ2n) is 9.06. The van der Waals surface area contributed by atoms with Crippen molar-refractivity contribution in [3.8, 4) is 17.6 Å². The maximum atomic E-state index is 13.3. The van der Waals surface area contributed by atoms with Crippen molar-refractivity contribution in [1.29, 1.82) is 0 Å². The summed E-state index contributed by atoms with van der Waals surface area (Å²) in [6, 6.07) is 10.7. The highest BCUT2D eigenvalue weighted by atomic mass is 19.1. The molecular formula is C28H30F2N2O3. The van der Waals surface area contributed by atoms with Crippen molar-refractivity contribution in [1.82, 2.24) is 9.88 Å². The van der Waals surface area contributed by atoms with Gasteiger partial charge in [0.05, 0.1) is 25.3 Å². The van der Waals surface area contributed by atoms with Gasteiger partial charge in [0.25, 0.3) is 0 Å². The number of hydrogen-bond acceptors (Lipinski definition) is 5. The summed E-state index contributed by atoms with van der Waals surface area (Å²) in [5.74, 6) is 5.61. The first kappa shape index (κ1) is 25.1. The predicted molar refractivity (Wildman–Crippen MR) is 131 cm³/mol. The molecule has 2 heterocycles. The Hall–Kier alpha value is -3.05. The Morgan fingerprint density at radius 1 is 1.14 bits per heavy atom. The molecule has 0 bridgehead atoms. The molecule has 1 saturated heterocycles. The third-order valence-electron chi connectivity index (χ3n) is 6.76. The maximum Gasteiger partial charge on any atom is 0.127 e. The van der Waals surface area contributed by atoms with Crippen molar-refractivity contribution in [2.24, 2.45) is 11.8 Å². The van der Waals surface area contributed by atoms with Crippen LogP contribution in [0.3, 0.4) is 0 Å². The number of pyridine rings is 1. The quantitative estimate of drug-likeness (QED) is 0.493. The lowest BCUT2D eigenvalue weighted by Crippen LogP contribution is -2.42. The minimum atomic E-state index is -0.642. The van der Waals surface area contributed by atoms with Gasteiger partial charge in [-0.05, 0) is 79.6 Å². The van der Waals surface area contributed by atoms with E-state index >= 15 is 0 Å². The highest BCUT2D eigenvalue weighted by Gasteiger charge is 2.29. The van der Waals surface area contributed by atoms with E-state index in [2.05, 4.69) is 21.7 Å². The third kappa shape index (κ3) is 6.34. The van der Waals surface area contributed by atoms with Gasteiger partial charge in [-0.25, -0.2) is 8.78 Å². The van der Waals surface area contributed by atoms with E-state index in [1.165, 1.54) is 12.1 Å². The third-order valence-corrected chi connectivity index (χ3v) is 6.76. The van der Waals surface area contributed by atoms with Gasteiger partial charge in [-0.1, -0.05) is 11.8 Å². The number of rotatable bonds is 7. The molecule has 0 radical (unpaired) electrons. The molecule has 4 rings (SSSR count). The molecule has 35 heavy (non-hydrogen) atoms. The zero-order valence-corrected chi connectivity index (χ0v) is 19.8. The van der Waals surface area contributed by atoms with E-state index in [1.807, 2.05) is 24.3 Å². The molecule has 0 spiro atoms. The average molecular weight is 481 g/mol. The van der Waals surface area contributed by atoms with E-state index in [1.54, 1.807) is 13.3 Å². The fourth-order valence-corrected chi connectivity index (χ4v) is 4.86. The Bertz CT molecular complexity index is 1200. The molecule has 0 aliphatic carbocycles. The summed E-state index contributed by atoms with van der Waals surface area (Å²) >= 11 is 0. The Morgan fingerprint density at radius 2 is 1.94 bits per heavy atom. The number of likely N-dealkylation sites (tertiary alicyclic amines) is 1. The Kier molecular flexibility index (Phi) is 8.29. The van der Waals surface area contributed by atoms with Crippen LogP contribution in [-0.2, 0) is 0 Å². The minimum absolute atomic E-state index is 0.0647. The molecule has 3 aromatic rings. The van der Waals surface area contributed by atoms with Crippen molar-refractivity contribution in [2.75, 3.05) is 33.4 Å². The van der Waals surface area contributed by atoms with E-state index < -0.39 is 17.7 Å². The number of halogens is 2. The van der Waals surface area contributed by atoms with E-state index in [0.717, 1.165) is 47.7 Å². The molecule has 0 saturated carbocycles. The van der Waals surface area contributed by atoms with Crippen molar-refractivity contribution >= 4 is 10.9 Å². The normalized spacial score (nSPS) is 19.2. The highest BCUT2D eigenvalue weighted by Crippen LogP contribution is 2.33. The standard InChI is InChI=1S/C28H30F2N2O3/c1-35-24-5-6-27-26(16-24)25(8-10-31-27)28(34)7-4-20-9-12-32(17-21(20)18-33)11-2-3-19-13-22(29)15-23(30)14-19/h5-6,8,10,13-16,20-21,28,33-34H,4,7,9,11-12,17-18H2,1H3/t20-,21-,28-/m1/s1. The van der Waals surface area contributed by atoms with Crippen LogP contribution in [0.5, 0.6) is 5.75 Å². The van der Waals surface area contributed by atoms with E-state index in [4.69, 9.17) is 4.74 Å². The molecular weight excluding hydrogens is 450 g/mol. The fourth-order valence-electron chi connectivity index (χ4n) is 4.86. The first-order chi connectivity index (χ1) is 17.0. The smallest absolute Gasteiger partial charge is 0.127 e. The van der Waals surface area contributed by atoms with Crippen LogP contribution in [-0.4, -0.2) is 53.4 Å². The molecule has 184 valence electrons. The first-order valence-electron chi connectivity index (χ1n) is 11.9. The molecule has 0 amide bonds. The van der Waals surface area contributed by atoms with Crippen LogP contribution in [0.15, 0.2) is 48.7 Å². The molecule has 7 heteroatoms. The Labute approximate surface area is 204 Å². The topological polar surface area (TPSA) is 65.8 Å². The number of methoxy groups -OCH3 is 1. The van der Waals surface area contributed by atoms with Crippen LogP contribution in [0.1, 0.15) is 36.5 Å². The summed E-state index contributed by atoms with van der Waals surface area (Å²) in [6.45, 7) is 2.04. The molecule has 1 aliphatic heterocycles. The van der Waals surface area contributed by atoms with Crippen LogP contribution in [0.4, 0.5) is 8.78 Å². The lowest BCUT2D eigenvalue weighted by molar-refractivity contribution is 0.0640. The van der Waals surface area contributed by atoms with Crippen LogP contribution in [0, 0.1) is 35.3 Å². The summed E-state index contributed by atoms with van der Waals surface area (Å²) < 4.78 is 32.0. The SMILES string of the molecule is COc1ccc2nccc([C@H](O)CC[C@@H]3CCN(CC#Cc4cc(F)cc(F)c4)C[C@@H]3CO)c2c1. The van der Waals surface area contributed by atoms with Crippen molar-refractivity contribution in [3.63, 3.8) is 0 Å². The van der Waals surface area contributed by atoms with Gasteiger partial charge in [0.2, 0.25) is 0 Å². The summed E-state index contributed by atoms with van der Waals surface area (Å²) in [5.41, 5.74) is 1.95. The number of aliphatic hydroxyl groups excluding tert-OH is 2. The number of fused-ring (bicyclic) bond motifs is 1. The number of ether oxygens (including phenoxy) is 1. The Balaban J connectivity index is 1.34. The van der Waals surface area contributed by atoms with Gasteiger partial charge in [-0.3, -0.25) is 9.88 Å². The summed E-state index contributed by atoms with van der Waals surface area (Å²) in [7, 11) is 1.61. The zero-order chi connectivity index (χ0) is 24.8. The van der Waals surface area contributed by atoms with Crippen LogP contribution in [0.25, 0.3) is 10.9 Å². The Morgan fingerprint density at radius 3 is 2.69 bits per heavy atom. The van der Waals surface area contributed by atoms with Gasteiger partial charge in [0.1, 0.15) is 17.4 Å². The molecule has 2 aromatic carbocycles. The fraction of sp³-hybridized carbons (Fsp3) is 0.393. The summed E-state index contributed by atoms with van der Waals surface area (Å²) in [5, 5.41) is 21.8. The van der Waals surface area contributed by atoms with Crippen molar-refractivity contribution in [3.05, 3.63) is 71.4 Å². The maximum absolute atomic E-state index is 13.3. The molecule has 1 aromatic heterocycles. The summed E-state index contributed by atoms with van der Waals surface area (Å²) in [4.78, 5) is 6.53. The zero-order valence-electron chi connectivity index (χ0n) is 19.8. The van der Waals surface area contributed by atoms with Crippen molar-refractivity contribution < 1.29 is 23.7 Å². The van der Waals surface area contributed by atoms with E-state index in [9.17, 15) is 19.0 Å². The lowest BCUT2D eigenvalue weighted by atomic mass is 9.81. The number of aromatic nitrogens is 1. The number of aliphatic hydroxyl groups is 2. The first-order valence-corrected chi connectivity index (χ1v) is 11.9. The molecule has 3 atom stereocenters. The van der Waals surface area contributed by atoms with Gasteiger partial charge >= 0.3 is 0 Å². The van der Waals surface area contributed by atoms with Crippen LogP contribution < -0.4 is 4.74 Å². The minimum Gasteiger partial charge on any atom is -0.497 e. The van der Waals surface area contributed by atoms with Gasteiger partial charge < -0.3 is 14.9 Å². The van der Waals surface area contributed by atoms with E-state index in [0.29, 0.717) is 31.0 Å². The molecule has 1 aliphatic rings. The second-order valence-corrected chi connectivity index (χ2v) is 9.06. The van der Waals surface area contributed by atoms with Gasteiger partial charge in [-0.15, -0.1) is 0 Å². The molecule has 1 fully saturated rings. The number of nitrogens with zero attached hydrogens (tertiary/aromatic N) is 2.